The molecule has 0 bridgehead atoms. The lowest BCUT2D eigenvalue weighted by molar-refractivity contribution is -0.383. The van der Waals surface area contributed by atoms with E-state index in [0.717, 1.165) is 24.3 Å². The van der Waals surface area contributed by atoms with Crippen LogP contribution in [-0.4, -0.2) is 10.8 Å². The van der Waals surface area contributed by atoms with E-state index in [-0.39, 0.29) is 16.9 Å². The average molecular weight is 293 g/mol. The number of amides is 1. The molecule has 0 radical (unpaired) electrons. The summed E-state index contributed by atoms with van der Waals surface area (Å²) in [5.74, 6) is -2.94. The van der Waals surface area contributed by atoms with E-state index in [4.69, 9.17) is 5.73 Å². The molecule has 0 heterocycles. The molecule has 0 saturated carbocycles. The van der Waals surface area contributed by atoms with Gasteiger partial charge in [0.15, 0.2) is 11.6 Å². The summed E-state index contributed by atoms with van der Waals surface area (Å²) in [6.07, 6.45) is 0. The lowest BCUT2D eigenvalue weighted by atomic mass is 10.1. The number of nitrogens with zero attached hydrogens (tertiary/aromatic N) is 1. The minimum Gasteiger partial charge on any atom is -0.393 e. The standard InChI is InChI=1S/C13H9F2N3O3/c14-9-5-4-7(6-10(9)15)17-13(19)8-2-1-3-11(12(8)16)18(20)21/h1-6H,16H2,(H,17,19). The third-order valence-corrected chi connectivity index (χ3v) is 2.70. The summed E-state index contributed by atoms with van der Waals surface area (Å²) in [7, 11) is 0. The number of nitrogens with one attached hydrogen (secondary N) is 1. The quantitative estimate of drug-likeness (QED) is 0.516. The van der Waals surface area contributed by atoms with Crippen LogP contribution in [0.4, 0.5) is 25.8 Å². The summed E-state index contributed by atoms with van der Waals surface area (Å²) in [5, 5.41) is 13.0. The van der Waals surface area contributed by atoms with Gasteiger partial charge in [0.05, 0.1) is 10.5 Å². The Morgan fingerprint density at radius 2 is 1.90 bits per heavy atom. The summed E-state index contributed by atoms with van der Waals surface area (Å²) in [6, 6.07) is 6.54. The minimum absolute atomic E-state index is 0.00445. The molecule has 6 nitrogen and oxygen atoms in total. The maximum atomic E-state index is 13.0. The molecule has 0 atom stereocenters. The predicted octanol–water partition coefficient (Wildman–Crippen LogP) is 2.71. The fourth-order valence-corrected chi connectivity index (χ4v) is 1.68. The molecule has 2 rings (SSSR count). The van der Waals surface area contributed by atoms with Crippen molar-refractivity contribution in [2.75, 3.05) is 11.1 Å². The van der Waals surface area contributed by atoms with Gasteiger partial charge in [-0.3, -0.25) is 14.9 Å². The van der Waals surface area contributed by atoms with Crippen LogP contribution in [0.25, 0.3) is 0 Å². The third-order valence-electron chi connectivity index (χ3n) is 2.70. The van der Waals surface area contributed by atoms with Gasteiger partial charge in [-0.1, -0.05) is 6.07 Å². The van der Waals surface area contributed by atoms with Crippen LogP contribution in [-0.2, 0) is 0 Å². The van der Waals surface area contributed by atoms with E-state index in [0.29, 0.717) is 0 Å². The summed E-state index contributed by atoms with van der Waals surface area (Å²) in [5.41, 5.74) is 4.72. The molecule has 3 N–H and O–H groups in total. The molecule has 0 saturated heterocycles. The van der Waals surface area contributed by atoms with Gasteiger partial charge < -0.3 is 11.1 Å². The van der Waals surface area contributed by atoms with Crippen molar-refractivity contribution in [1.29, 1.82) is 0 Å². The highest BCUT2D eigenvalue weighted by atomic mass is 19.2. The SMILES string of the molecule is Nc1c(C(=O)Nc2ccc(F)c(F)c2)cccc1[N+](=O)[O-]. The van der Waals surface area contributed by atoms with E-state index < -0.39 is 28.2 Å². The summed E-state index contributed by atoms with van der Waals surface area (Å²) >= 11 is 0. The Morgan fingerprint density at radius 3 is 2.52 bits per heavy atom. The predicted molar refractivity (Wildman–Crippen MR) is 71.8 cm³/mol. The van der Waals surface area contributed by atoms with Crippen molar-refractivity contribution in [3.63, 3.8) is 0 Å². The van der Waals surface area contributed by atoms with Crippen molar-refractivity contribution in [2.24, 2.45) is 0 Å². The number of benzene rings is 2. The normalized spacial score (nSPS) is 10.2. The van der Waals surface area contributed by atoms with Gasteiger partial charge in [-0.05, 0) is 18.2 Å². The van der Waals surface area contributed by atoms with E-state index in [1.807, 2.05) is 0 Å². The molecule has 2 aromatic rings. The Balaban J connectivity index is 2.30. The number of hydrogen-bond acceptors (Lipinski definition) is 4. The van der Waals surface area contributed by atoms with E-state index >= 15 is 0 Å². The van der Waals surface area contributed by atoms with Gasteiger partial charge in [0, 0.05) is 17.8 Å². The largest absolute Gasteiger partial charge is 0.393 e. The van der Waals surface area contributed by atoms with Crippen LogP contribution in [0.3, 0.4) is 0 Å². The highest BCUT2D eigenvalue weighted by Crippen LogP contribution is 2.25. The summed E-state index contributed by atoms with van der Waals surface area (Å²) < 4.78 is 25.8. The van der Waals surface area contributed by atoms with Crippen molar-refractivity contribution < 1.29 is 18.5 Å². The molecule has 1 amide bonds. The van der Waals surface area contributed by atoms with E-state index in [1.54, 1.807) is 0 Å². The molecule has 2 aromatic carbocycles. The molecular formula is C13H9F2N3O3. The van der Waals surface area contributed by atoms with Gasteiger partial charge in [0.2, 0.25) is 0 Å². The fraction of sp³-hybridized carbons (Fsp3) is 0. The van der Waals surface area contributed by atoms with Crippen LogP contribution in [0.1, 0.15) is 10.4 Å². The second-order valence-electron chi connectivity index (χ2n) is 4.08. The van der Waals surface area contributed by atoms with Crippen LogP contribution < -0.4 is 11.1 Å². The second-order valence-corrected chi connectivity index (χ2v) is 4.08. The number of nitro groups is 1. The zero-order chi connectivity index (χ0) is 15.6. The fourth-order valence-electron chi connectivity index (χ4n) is 1.68. The Morgan fingerprint density at radius 1 is 1.19 bits per heavy atom. The summed E-state index contributed by atoms with van der Waals surface area (Å²) in [4.78, 5) is 22.0. The van der Waals surface area contributed by atoms with Crippen molar-refractivity contribution in [3.8, 4) is 0 Å². The van der Waals surface area contributed by atoms with Crippen LogP contribution in [0.2, 0.25) is 0 Å². The molecule has 8 heteroatoms. The van der Waals surface area contributed by atoms with Crippen LogP contribution >= 0.6 is 0 Å². The summed E-state index contributed by atoms with van der Waals surface area (Å²) in [6.45, 7) is 0. The number of para-hydroxylation sites is 1. The number of nitrogens with two attached hydrogens (primary N) is 1. The average Bonchev–Trinajstić information content (AvgIpc) is 2.42. The zero-order valence-electron chi connectivity index (χ0n) is 10.5. The van der Waals surface area contributed by atoms with Gasteiger partial charge in [-0.15, -0.1) is 0 Å². The topological polar surface area (TPSA) is 98.3 Å². The second kappa shape index (κ2) is 5.53. The number of rotatable bonds is 3. The van der Waals surface area contributed by atoms with E-state index in [1.165, 1.54) is 12.1 Å². The maximum absolute atomic E-state index is 13.0. The van der Waals surface area contributed by atoms with Crippen molar-refractivity contribution >= 4 is 23.0 Å². The number of nitro benzene ring substituents is 1. The van der Waals surface area contributed by atoms with Gasteiger partial charge in [-0.2, -0.15) is 0 Å². The molecule has 21 heavy (non-hydrogen) atoms. The molecule has 0 fully saturated rings. The first-order valence-corrected chi connectivity index (χ1v) is 5.69. The smallest absolute Gasteiger partial charge is 0.292 e. The highest BCUT2D eigenvalue weighted by molar-refractivity contribution is 6.08. The number of anilines is 2. The van der Waals surface area contributed by atoms with Gasteiger partial charge in [-0.25, -0.2) is 8.78 Å². The Bertz CT molecular complexity index is 735. The lowest BCUT2D eigenvalue weighted by Gasteiger charge is -2.08. The maximum Gasteiger partial charge on any atom is 0.292 e. The van der Waals surface area contributed by atoms with Crippen molar-refractivity contribution in [2.45, 2.75) is 0 Å². The molecule has 0 spiro atoms. The number of nitrogen functional groups attached to an aromatic ring is 1. The molecule has 0 unspecified atom stereocenters. The number of hydrogen-bond donors (Lipinski definition) is 2. The first-order chi connectivity index (χ1) is 9.90. The van der Waals surface area contributed by atoms with Gasteiger partial charge >= 0.3 is 0 Å². The number of carbonyl (C=O) groups is 1. The molecule has 0 aliphatic rings. The molecule has 0 aromatic heterocycles. The Hall–Kier alpha value is -3.03. The zero-order valence-corrected chi connectivity index (χ0v) is 10.5. The highest BCUT2D eigenvalue weighted by Gasteiger charge is 2.19. The van der Waals surface area contributed by atoms with E-state index in [2.05, 4.69) is 5.32 Å². The van der Waals surface area contributed by atoms with Crippen LogP contribution in [0.5, 0.6) is 0 Å². The molecule has 0 aliphatic carbocycles. The molecule has 0 aliphatic heterocycles. The van der Waals surface area contributed by atoms with Crippen molar-refractivity contribution in [3.05, 3.63) is 63.7 Å². The van der Waals surface area contributed by atoms with Crippen LogP contribution in [0.15, 0.2) is 36.4 Å². The van der Waals surface area contributed by atoms with Crippen molar-refractivity contribution in [1.82, 2.24) is 0 Å². The number of halogens is 2. The first-order valence-electron chi connectivity index (χ1n) is 5.69. The third kappa shape index (κ3) is 2.94. The molecular weight excluding hydrogens is 284 g/mol. The van der Waals surface area contributed by atoms with Gasteiger partial charge in [0.25, 0.3) is 11.6 Å². The Kier molecular flexibility index (Phi) is 3.79. The van der Waals surface area contributed by atoms with E-state index in [9.17, 15) is 23.7 Å². The number of carbonyl (C=O) groups excluding carboxylic acids is 1. The molecule has 108 valence electrons. The minimum atomic E-state index is -1.13. The Labute approximate surface area is 117 Å². The monoisotopic (exact) mass is 293 g/mol. The van der Waals surface area contributed by atoms with Gasteiger partial charge in [0.1, 0.15) is 5.69 Å². The first kappa shape index (κ1) is 14.4. The lowest BCUT2D eigenvalue weighted by Crippen LogP contribution is -2.15. The van der Waals surface area contributed by atoms with Crippen LogP contribution in [0, 0.1) is 21.7 Å².